The molecule has 1 saturated heterocycles. The molecule has 3 rings (SSSR count). The van der Waals surface area contributed by atoms with Gasteiger partial charge in [0.2, 0.25) is 0 Å². The van der Waals surface area contributed by atoms with Gasteiger partial charge in [0, 0.05) is 5.41 Å². The minimum Gasteiger partial charge on any atom is -0.497 e. The third kappa shape index (κ3) is 5.12. The summed E-state index contributed by atoms with van der Waals surface area (Å²) in [5.41, 5.74) is 1.48. The van der Waals surface area contributed by atoms with Gasteiger partial charge in [-0.1, -0.05) is 63.2 Å². The van der Waals surface area contributed by atoms with E-state index < -0.39 is 29.7 Å². The summed E-state index contributed by atoms with van der Waals surface area (Å²) in [6.45, 7) is 5.95. The average Bonchev–Trinajstić information content (AvgIpc) is 3.08. The highest BCUT2D eigenvalue weighted by molar-refractivity contribution is 5.84. The van der Waals surface area contributed by atoms with E-state index in [1.165, 1.54) is 4.90 Å². The molecule has 0 bridgehead atoms. The van der Waals surface area contributed by atoms with E-state index in [4.69, 9.17) is 14.2 Å². The maximum absolute atomic E-state index is 13.0. The van der Waals surface area contributed by atoms with Crippen LogP contribution in [0, 0.1) is 5.41 Å². The van der Waals surface area contributed by atoms with Crippen molar-refractivity contribution in [3.8, 4) is 5.75 Å². The van der Waals surface area contributed by atoms with Crippen LogP contribution in [-0.4, -0.2) is 36.3 Å². The number of amides is 1. The maximum atomic E-state index is 13.0. The fourth-order valence-electron chi connectivity index (χ4n) is 3.52. The number of carbonyl (C=O) groups excluding carboxylic acids is 2. The van der Waals surface area contributed by atoms with Crippen molar-refractivity contribution in [3.63, 3.8) is 0 Å². The first kappa shape index (κ1) is 21.7. The topological polar surface area (TPSA) is 65.1 Å². The number of hydrogen-bond acceptors (Lipinski definition) is 5. The van der Waals surface area contributed by atoms with E-state index in [0.717, 1.165) is 16.9 Å². The minimum absolute atomic E-state index is 0.143. The lowest BCUT2D eigenvalue weighted by atomic mass is 9.93. The molecule has 1 aliphatic heterocycles. The van der Waals surface area contributed by atoms with Gasteiger partial charge in [0.1, 0.15) is 18.4 Å². The van der Waals surface area contributed by atoms with Crippen LogP contribution in [0.2, 0.25) is 0 Å². The highest BCUT2D eigenvalue weighted by atomic mass is 16.6. The smallest absolute Gasteiger partial charge is 0.413 e. The second-order valence-corrected chi connectivity index (χ2v) is 8.51. The number of methoxy groups -OCH3 is 1. The summed E-state index contributed by atoms with van der Waals surface area (Å²) in [6, 6.07) is 16.5. The number of esters is 1. The van der Waals surface area contributed by atoms with Crippen molar-refractivity contribution >= 4 is 12.1 Å². The Balaban J connectivity index is 1.74. The highest BCUT2D eigenvalue weighted by Gasteiger charge is 2.50. The van der Waals surface area contributed by atoms with Crippen molar-refractivity contribution < 1.29 is 23.8 Å². The Hall–Kier alpha value is -3.02. The van der Waals surface area contributed by atoms with Crippen LogP contribution in [0.1, 0.15) is 38.3 Å². The average molecular weight is 411 g/mol. The predicted octanol–water partition coefficient (Wildman–Crippen LogP) is 4.56. The summed E-state index contributed by atoms with van der Waals surface area (Å²) in [5.74, 6) is 0.364. The molecule has 0 aliphatic carbocycles. The van der Waals surface area contributed by atoms with Crippen LogP contribution in [0.5, 0.6) is 5.75 Å². The zero-order valence-corrected chi connectivity index (χ0v) is 18.0. The number of rotatable bonds is 6. The molecule has 2 aromatic carbocycles. The molecule has 6 heteroatoms. The van der Waals surface area contributed by atoms with Gasteiger partial charge in [-0.3, -0.25) is 4.90 Å². The number of benzene rings is 2. The van der Waals surface area contributed by atoms with E-state index >= 15 is 0 Å². The van der Waals surface area contributed by atoms with Crippen LogP contribution < -0.4 is 4.74 Å². The minimum atomic E-state index is -0.691. The third-order valence-electron chi connectivity index (χ3n) is 5.09. The molecule has 30 heavy (non-hydrogen) atoms. The van der Waals surface area contributed by atoms with E-state index in [0.29, 0.717) is 12.8 Å². The molecule has 0 aromatic heterocycles. The Kier molecular flexibility index (Phi) is 6.65. The Morgan fingerprint density at radius 3 is 2.43 bits per heavy atom. The largest absolute Gasteiger partial charge is 0.497 e. The van der Waals surface area contributed by atoms with Gasteiger partial charge in [0.05, 0.1) is 7.11 Å². The first-order valence-electron chi connectivity index (χ1n) is 10.1. The van der Waals surface area contributed by atoms with E-state index in [-0.39, 0.29) is 6.61 Å². The number of hydrogen-bond donors (Lipinski definition) is 0. The van der Waals surface area contributed by atoms with Gasteiger partial charge in [-0.2, -0.15) is 0 Å². The summed E-state index contributed by atoms with van der Waals surface area (Å²) in [5, 5.41) is 0. The number of nitrogens with zero attached hydrogens (tertiary/aromatic N) is 1. The first-order valence-corrected chi connectivity index (χ1v) is 10.1. The van der Waals surface area contributed by atoms with Crippen molar-refractivity contribution in [2.45, 2.75) is 52.5 Å². The summed E-state index contributed by atoms with van der Waals surface area (Å²) >= 11 is 0. The van der Waals surface area contributed by atoms with Gasteiger partial charge in [0.25, 0.3) is 0 Å². The second kappa shape index (κ2) is 9.20. The lowest BCUT2D eigenvalue weighted by molar-refractivity contribution is -0.147. The van der Waals surface area contributed by atoms with E-state index in [1.54, 1.807) is 7.11 Å². The Morgan fingerprint density at radius 1 is 1.07 bits per heavy atom. The number of aryl methyl sites for hydroxylation is 1. The summed E-state index contributed by atoms with van der Waals surface area (Å²) in [4.78, 5) is 27.1. The molecular formula is C24H29NO5. The summed E-state index contributed by atoms with van der Waals surface area (Å²) in [7, 11) is 1.62. The van der Waals surface area contributed by atoms with Crippen LogP contribution in [0.3, 0.4) is 0 Å². The molecule has 1 amide bonds. The lowest BCUT2D eigenvalue weighted by Crippen LogP contribution is -2.48. The molecule has 1 aliphatic rings. The van der Waals surface area contributed by atoms with Gasteiger partial charge < -0.3 is 14.2 Å². The molecular weight excluding hydrogens is 382 g/mol. The van der Waals surface area contributed by atoms with E-state index in [1.807, 2.05) is 75.4 Å². The Bertz CT molecular complexity index is 875. The third-order valence-corrected chi connectivity index (χ3v) is 5.09. The molecule has 6 nitrogen and oxygen atoms in total. The molecule has 1 fully saturated rings. The Morgan fingerprint density at radius 2 is 1.77 bits per heavy atom. The molecule has 2 aromatic rings. The molecule has 0 spiro atoms. The molecule has 2 atom stereocenters. The second-order valence-electron chi connectivity index (χ2n) is 8.51. The molecule has 0 unspecified atom stereocenters. The molecule has 1 heterocycles. The Labute approximate surface area is 177 Å². The van der Waals surface area contributed by atoms with Gasteiger partial charge >= 0.3 is 12.1 Å². The predicted molar refractivity (Wildman–Crippen MR) is 113 cm³/mol. The van der Waals surface area contributed by atoms with Crippen molar-refractivity contribution in [2.24, 2.45) is 5.41 Å². The zero-order valence-electron chi connectivity index (χ0n) is 18.0. The SMILES string of the molecule is COc1cccc(CC[C@H]2C(=O)O[C@@H](C(C)(C)C)N2C(=O)OCc2ccccc2)c1. The fraction of sp³-hybridized carbons (Fsp3) is 0.417. The standard InChI is InChI=1S/C24H29NO5/c1-24(2,3)22-25(23(27)29-16-18-9-6-5-7-10-18)20(21(26)30-22)14-13-17-11-8-12-19(15-17)28-4/h5-12,15,20,22H,13-14,16H2,1-4H3/t20-,22-/m0/s1. The molecule has 160 valence electrons. The van der Waals surface area contributed by atoms with Crippen LogP contribution in [-0.2, 0) is 27.3 Å². The molecule has 0 N–H and O–H groups in total. The highest BCUT2D eigenvalue weighted by Crippen LogP contribution is 2.34. The van der Waals surface area contributed by atoms with Crippen molar-refractivity contribution in [3.05, 3.63) is 65.7 Å². The lowest BCUT2D eigenvalue weighted by Gasteiger charge is -2.33. The normalized spacial score (nSPS) is 18.8. The van der Waals surface area contributed by atoms with Gasteiger partial charge in [-0.05, 0) is 36.1 Å². The zero-order chi connectivity index (χ0) is 21.7. The van der Waals surface area contributed by atoms with Gasteiger partial charge in [0.15, 0.2) is 6.23 Å². The quantitative estimate of drug-likeness (QED) is 0.652. The van der Waals surface area contributed by atoms with Crippen LogP contribution in [0.15, 0.2) is 54.6 Å². The number of carbonyl (C=O) groups is 2. The fourth-order valence-corrected chi connectivity index (χ4v) is 3.52. The van der Waals surface area contributed by atoms with Crippen molar-refractivity contribution in [1.29, 1.82) is 0 Å². The van der Waals surface area contributed by atoms with Crippen LogP contribution in [0.4, 0.5) is 4.79 Å². The van der Waals surface area contributed by atoms with Crippen molar-refractivity contribution in [1.82, 2.24) is 4.90 Å². The first-order chi connectivity index (χ1) is 14.3. The van der Waals surface area contributed by atoms with E-state index in [9.17, 15) is 9.59 Å². The molecule has 0 saturated carbocycles. The van der Waals surface area contributed by atoms with Crippen LogP contribution >= 0.6 is 0 Å². The maximum Gasteiger partial charge on any atom is 0.413 e. The summed E-state index contributed by atoms with van der Waals surface area (Å²) < 4.78 is 16.4. The number of ether oxygens (including phenoxy) is 3. The summed E-state index contributed by atoms with van der Waals surface area (Å²) in [6.07, 6.45) is -0.168. The monoisotopic (exact) mass is 411 g/mol. The number of cyclic esters (lactones) is 1. The van der Waals surface area contributed by atoms with Gasteiger partial charge in [-0.25, -0.2) is 9.59 Å². The van der Waals surface area contributed by atoms with Crippen LogP contribution in [0.25, 0.3) is 0 Å². The molecule has 0 radical (unpaired) electrons. The van der Waals surface area contributed by atoms with Gasteiger partial charge in [-0.15, -0.1) is 0 Å². The van der Waals surface area contributed by atoms with Crippen molar-refractivity contribution in [2.75, 3.05) is 7.11 Å². The van der Waals surface area contributed by atoms with E-state index in [2.05, 4.69) is 0 Å².